The van der Waals surface area contributed by atoms with E-state index >= 15 is 0 Å². The molecule has 1 N–H and O–H groups in total. The van der Waals surface area contributed by atoms with Gasteiger partial charge < -0.3 is 5.11 Å². The van der Waals surface area contributed by atoms with E-state index in [2.05, 4.69) is 0 Å². The number of aliphatic hydroxyl groups excluding tert-OH is 1. The molecule has 84 valence electrons. The van der Waals surface area contributed by atoms with Crippen molar-refractivity contribution in [2.75, 3.05) is 0 Å². The number of aliphatic hydroxyl groups is 1. The SMILES string of the molecule is N#CC1(C(O)c2ccc(F)cc2F)CCC1. The molecule has 0 radical (unpaired) electrons. The molecule has 0 aromatic heterocycles. The fourth-order valence-electron chi connectivity index (χ4n) is 2.02. The van der Waals surface area contributed by atoms with Crippen LogP contribution in [0.2, 0.25) is 0 Å². The van der Waals surface area contributed by atoms with Crippen molar-refractivity contribution in [3.8, 4) is 6.07 Å². The molecule has 0 spiro atoms. The summed E-state index contributed by atoms with van der Waals surface area (Å²) in [6, 6.07) is 5.06. The fourth-order valence-corrected chi connectivity index (χ4v) is 2.02. The van der Waals surface area contributed by atoms with Crippen molar-refractivity contribution < 1.29 is 13.9 Å². The van der Waals surface area contributed by atoms with Gasteiger partial charge in [0.15, 0.2) is 0 Å². The third-order valence-electron chi connectivity index (χ3n) is 3.25. The summed E-state index contributed by atoms with van der Waals surface area (Å²) < 4.78 is 26.1. The standard InChI is InChI=1S/C12H11F2NO/c13-8-2-3-9(10(14)6-8)11(16)12(7-15)4-1-5-12/h2-3,6,11,16H,1,4-5H2. The molecule has 1 fully saturated rings. The molecule has 4 heteroatoms. The van der Waals surface area contributed by atoms with Crippen LogP contribution in [-0.2, 0) is 0 Å². The number of nitriles is 1. The van der Waals surface area contributed by atoms with Crippen LogP contribution in [0.3, 0.4) is 0 Å². The Morgan fingerprint density at radius 3 is 2.50 bits per heavy atom. The third-order valence-corrected chi connectivity index (χ3v) is 3.25. The molecule has 1 aromatic rings. The zero-order chi connectivity index (χ0) is 11.8. The first-order chi connectivity index (χ1) is 7.59. The maximum Gasteiger partial charge on any atom is 0.131 e. The Morgan fingerprint density at radius 1 is 1.38 bits per heavy atom. The Labute approximate surface area is 92.1 Å². The van der Waals surface area contributed by atoms with E-state index in [1.165, 1.54) is 6.07 Å². The molecule has 1 aliphatic rings. The molecular formula is C12H11F2NO. The van der Waals surface area contributed by atoms with Gasteiger partial charge in [0.2, 0.25) is 0 Å². The average Bonchev–Trinajstić information content (AvgIpc) is 2.16. The Bertz CT molecular complexity index is 449. The topological polar surface area (TPSA) is 44.0 Å². The molecule has 0 bridgehead atoms. The van der Waals surface area contributed by atoms with Gasteiger partial charge in [0.1, 0.15) is 17.7 Å². The second-order valence-electron chi connectivity index (χ2n) is 4.19. The van der Waals surface area contributed by atoms with Gasteiger partial charge in [-0.15, -0.1) is 0 Å². The molecule has 0 aliphatic heterocycles. The lowest BCUT2D eigenvalue weighted by Gasteiger charge is -2.39. The molecule has 2 nitrogen and oxygen atoms in total. The van der Waals surface area contributed by atoms with Gasteiger partial charge in [-0.2, -0.15) is 5.26 Å². The van der Waals surface area contributed by atoms with Crippen LogP contribution < -0.4 is 0 Å². The van der Waals surface area contributed by atoms with Crippen LogP contribution in [0.1, 0.15) is 30.9 Å². The van der Waals surface area contributed by atoms with E-state index in [-0.39, 0.29) is 5.56 Å². The lowest BCUT2D eigenvalue weighted by Crippen LogP contribution is -2.35. The first kappa shape index (κ1) is 11.0. The molecule has 1 saturated carbocycles. The third kappa shape index (κ3) is 1.57. The van der Waals surface area contributed by atoms with Gasteiger partial charge in [-0.25, -0.2) is 8.78 Å². The maximum atomic E-state index is 13.4. The van der Waals surface area contributed by atoms with Gasteiger partial charge in [0.25, 0.3) is 0 Å². The highest BCUT2D eigenvalue weighted by atomic mass is 19.1. The molecule has 1 aromatic carbocycles. The van der Waals surface area contributed by atoms with Crippen molar-refractivity contribution in [3.05, 3.63) is 35.4 Å². The minimum Gasteiger partial charge on any atom is -0.387 e. The van der Waals surface area contributed by atoms with Crippen LogP contribution >= 0.6 is 0 Å². The first-order valence-electron chi connectivity index (χ1n) is 5.13. The Hall–Kier alpha value is -1.47. The lowest BCUT2D eigenvalue weighted by molar-refractivity contribution is 0.00558. The van der Waals surface area contributed by atoms with Crippen LogP contribution in [0.5, 0.6) is 0 Å². The van der Waals surface area contributed by atoms with E-state index in [1.54, 1.807) is 0 Å². The van der Waals surface area contributed by atoms with Crippen molar-refractivity contribution in [2.45, 2.75) is 25.4 Å². The normalized spacial score (nSPS) is 19.6. The number of nitrogens with zero attached hydrogens (tertiary/aromatic N) is 1. The zero-order valence-corrected chi connectivity index (χ0v) is 8.58. The second kappa shape index (κ2) is 3.84. The van der Waals surface area contributed by atoms with Gasteiger partial charge in [-0.3, -0.25) is 0 Å². The summed E-state index contributed by atoms with van der Waals surface area (Å²) in [7, 11) is 0. The van der Waals surface area contributed by atoms with Gasteiger partial charge >= 0.3 is 0 Å². The van der Waals surface area contributed by atoms with Crippen molar-refractivity contribution in [1.29, 1.82) is 5.26 Å². The van der Waals surface area contributed by atoms with E-state index in [1.807, 2.05) is 6.07 Å². The zero-order valence-electron chi connectivity index (χ0n) is 8.58. The summed E-state index contributed by atoms with van der Waals surface area (Å²) in [6.45, 7) is 0. The fraction of sp³-hybridized carbons (Fsp3) is 0.417. The molecule has 1 unspecified atom stereocenters. The first-order valence-corrected chi connectivity index (χ1v) is 5.13. The number of benzene rings is 1. The monoisotopic (exact) mass is 223 g/mol. The van der Waals surface area contributed by atoms with Crippen molar-refractivity contribution in [1.82, 2.24) is 0 Å². The van der Waals surface area contributed by atoms with Crippen molar-refractivity contribution >= 4 is 0 Å². The molecule has 1 aliphatic carbocycles. The minimum absolute atomic E-state index is 0.00245. The molecule has 2 rings (SSSR count). The Morgan fingerprint density at radius 2 is 2.06 bits per heavy atom. The largest absolute Gasteiger partial charge is 0.387 e. The van der Waals surface area contributed by atoms with E-state index in [0.717, 1.165) is 18.6 Å². The quantitative estimate of drug-likeness (QED) is 0.837. The molecular weight excluding hydrogens is 212 g/mol. The highest BCUT2D eigenvalue weighted by Gasteiger charge is 2.45. The molecule has 0 amide bonds. The second-order valence-corrected chi connectivity index (χ2v) is 4.19. The van der Waals surface area contributed by atoms with Gasteiger partial charge in [-0.1, -0.05) is 12.5 Å². The van der Waals surface area contributed by atoms with Gasteiger partial charge in [-0.05, 0) is 18.9 Å². The summed E-state index contributed by atoms with van der Waals surface area (Å²) in [5, 5.41) is 19.0. The van der Waals surface area contributed by atoms with Crippen LogP contribution in [-0.4, -0.2) is 5.11 Å². The molecule has 0 heterocycles. The highest BCUT2D eigenvalue weighted by Crippen LogP contribution is 2.50. The summed E-state index contributed by atoms with van der Waals surface area (Å²) in [6.07, 6.45) is 0.794. The van der Waals surface area contributed by atoms with Crippen LogP contribution in [0.4, 0.5) is 8.78 Å². The molecule has 16 heavy (non-hydrogen) atoms. The Balaban J connectivity index is 2.34. The predicted molar refractivity (Wildman–Crippen MR) is 53.2 cm³/mol. The van der Waals surface area contributed by atoms with Crippen molar-refractivity contribution in [3.63, 3.8) is 0 Å². The number of hydrogen-bond donors (Lipinski definition) is 1. The summed E-state index contributed by atoms with van der Waals surface area (Å²) in [4.78, 5) is 0. The maximum absolute atomic E-state index is 13.4. The predicted octanol–water partition coefficient (Wildman–Crippen LogP) is 2.69. The van der Waals surface area contributed by atoms with E-state index in [9.17, 15) is 13.9 Å². The Kier molecular flexibility index (Phi) is 2.64. The minimum atomic E-state index is -1.17. The number of hydrogen-bond acceptors (Lipinski definition) is 2. The summed E-state index contributed by atoms with van der Waals surface area (Å²) in [5.41, 5.74) is -0.888. The van der Waals surface area contributed by atoms with Crippen LogP contribution in [0, 0.1) is 28.4 Å². The molecule has 0 saturated heterocycles. The van der Waals surface area contributed by atoms with Gasteiger partial charge in [0, 0.05) is 11.6 Å². The smallest absolute Gasteiger partial charge is 0.131 e. The van der Waals surface area contributed by atoms with E-state index in [4.69, 9.17) is 5.26 Å². The lowest BCUT2D eigenvalue weighted by atomic mass is 9.64. The van der Waals surface area contributed by atoms with Crippen LogP contribution in [0.15, 0.2) is 18.2 Å². The highest BCUT2D eigenvalue weighted by molar-refractivity contribution is 5.26. The number of halogens is 2. The summed E-state index contributed by atoms with van der Waals surface area (Å²) >= 11 is 0. The van der Waals surface area contributed by atoms with E-state index < -0.39 is 23.2 Å². The molecule has 1 atom stereocenters. The summed E-state index contributed by atoms with van der Waals surface area (Å²) in [5.74, 6) is -1.48. The average molecular weight is 223 g/mol. The number of rotatable bonds is 2. The van der Waals surface area contributed by atoms with Crippen LogP contribution in [0.25, 0.3) is 0 Å². The van der Waals surface area contributed by atoms with Gasteiger partial charge in [0.05, 0.1) is 11.5 Å². The van der Waals surface area contributed by atoms with Crippen molar-refractivity contribution in [2.24, 2.45) is 5.41 Å². The van der Waals surface area contributed by atoms with E-state index in [0.29, 0.717) is 12.8 Å².